The van der Waals surface area contributed by atoms with E-state index in [4.69, 9.17) is 10.8 Å². The molecule has 1 N–H and O–H groups in total. The molecule has 0 rings (SSSR count). The number of nitrogens with zero attached hydrogens (tertiary/aromatic N) is 4. The molecule has 0 bridgehead atoms. The normalized spacial score (nSPS) is 12.8. The fourth-order valence-electron chi connectivity index (χ4n) is 0.849. The van der Waals surface area contributed by atoms with Gasteiger partial charge >= 0.3 is 0 Å². The summed E-state index contributed by atoms with van der Waals surface area (Å²) in [6.45, 7) is 6.88. The van der Waals surface area contributed by atoms with E-state index >= 15 is 0 Å². The Kier molecular flexibility index (Phi) is 4.90. The van der Waals surface area contributed by atoms with Crippen molar-refractivity contribution in [3.63, 3.8) is 0 Å². The van der Waals surface area contributed by atoms with E-state index < -0.39 is 0 Å². The minimum absolute atomic E-state index is 0.0922. The molecule has 0 aromatic heterocycles. The third-order valence-electron chi connectivity index (χ3n) is 1.62. The summed E-state index contributed by atoms with van der Waals surface area (Å²) in [6, 6.07) is 1.97. The van der Waals surface area contributed by atoms with Gasteiger partial charge in [-0.05, 0) is 10.9 Å². The lowest BCUT2D eigenvalue weighted by molar-refractivity contribution is 0.322. The summed E-state index contributed by atoms with van der Waals surface area (Å²) in [5, 5.41) is 15.2. The molecule has 0 radical (unpaired) electrons. The highest BCUT2D eigenvalue weighted by Crippen LogP contribution is 2.17. The highest BCUT2D eigenvalue weighted by molar-refractivity contribution is 4.97. The third kappa shape index (κ3) is 5.07. The van der Waals surface area contributed by atoms with Crippen molar-refractivity contribution in [2.24, 2.45) is 10.5 Å². The molecule has 0 aromatic carbocycles. The zero-order chi connectivity index (χ0) is 10.3. The summed E-state index contributed by atoms with van der Waals surface area (Å²) in [6.07, 6.45) is 0. The van der Waals surface area contributed by atoms with Crippen molar-refractivity contribution >= 4 is 0 Å². The number of azide groups is 1. The first-order valence-corrected chi connectivity index (χ1v) is 4.16. The van der Waals surface area contributed by atoms with Crippen LogP contribution in [-0.2, 0) is 0 Å². The van der Waals surface area contributed by atoms with Crippen LogP contribution in [0, 0.1) is 16.7 Å². The van der Waals surface area contributed by atoms with Crippen LogP contribution >= 0.6 is 0 Å². The van der Waals surface area contributed by atoms with E-state index in [0.717, 1.165) is 0 Å². The molecule has 0 spiro atoms. The van der Waals surface area contributed by atoms with Crippen LogP contribution in [0.1, 0.15) is 20.8 Å². The average molecular weight is 181 g/mol. The molecule has 0 aliphatic rings. The first kappa shape index (κ1) is 11.8. The maximum absolute atomic E-state index is 8.80. The molecule has 0 saturated carbocycles. The van der Waals surface area contributed by atoms with E-state index in [2.05, 4.69) is 21.4 Å². The lowest BCUT2D eigenvalue weighted by atomic mass is 9.88. The predicted molar refractivity (Wildman–Crippen MR) is 50.9 cm³/mol. The van der Waals surface area contributed by atoms with Gasteiger partial charge in [-0.25, -0.2) is 0 Å². The van der Waals surface area contributed by atoms with Gasteiger partial charge in [0.1, 0.15) is 6.04 Å². The van der Waals surface area contributed by atoms with Crippen molar-refractivity contribution in [1.29, 1.82) is 5.26 Å². The monoisotopic (exact) mass is 181 g/mol. The van der Waals surface area contributed by atoms with Gasteiger partial charge in [-0.3, -0.25) is 0 Å². The first-order chi connectivity index (χ1) is 6.02. The number of nitriles is 1. The molecule has 0 aromatic rings. The van der Waals surface area contributed by atoms with E-state index in [1.165, 1.54) is 0 Å². The smallest absolute Gasteiger partial charge is 0.100 e. The minimum Gasteiger partial charge on any atom is -0.301 e. The highest BCUT2D eigenvalue weighted by Gasteiger charge is 2.22. The molecule has 0 fully saturated rings. The average Bonchev–Trinajstić information content (AvgIpc) is 2.02. The maximum Gasteiger partial charge on any atom is 0.100 e. The Morgan fingerprint density at radius 1 is 1.62 bits per heavy atom. The number of hydrogen-bond donors (Lipinski definition) is 1. The fourth-order valence-corrected chi connectivity index (χ4v) is 0.849. The number of rotatable bonds is 4. The molecule has 0 saturated heterocycles. The highest BCUT2D eigenvalue weighted by atomic mass is 15.1. The van der Waals surface area contributed by atoms with Crippen LogP contribution in [0.25, 0.3) is 10.4 Å². The predicted octanol–water partition coefficient (Wildman–Crippen LogP) is 1.82. The second kappa shape index (κ2) is 5.41. The zero-order valence-electron chi connectivity index (χ0n) is 8.28. The largest absolute Gasteiger partial charge is 0.301 e. The molecule has 5 nitrogen and oxygen atoms in total. The topological polar surface area (TPSA) is 84.6 Å². The summed E-state index contributed by atoms with van der Waals surface area (Å²) in [7, 11) is 0. The van der Waals surface area contributed by atoms with E-state index in [1.54, 1.807) is 0 Å². The summed E-state index contributed by atoms with van der Waals surface area (Å²) in [4.78, 5) is 2.62. The second-order valence-corrected chi connectivity index (χ2v) is 3.84. The summed E-state index contributed by atoms with van der Waals surface area (Å²) >= 11 is 0. The van der Waals surface area contributed by atoms with Gasteiger partial charge in [0, 0.05) is 18.0 Å². The summed E-state index contributed by atoms with van der Waals surface area (Å²) in [5.74, 6) is 0. The van der Waals surface area contributed by atoms with Crippen LogP contribution in [0.3, 0.4) is 0 Å². The standard InChI is InChI=1S/C8H15N5/c1-8(2,3)7(6-9)11-4-5-12-13-10/h7,11H,4-5H2,1-3H3. The van der Waals surface area contributed by atoms with Crippen molar-refractivity contribution in [1.82, 2.24) is 5.32 Å². The lowest BCUT2D eigenvalue weighted by Gasteiger charge is -2.25. The molecule has 0 heterocycles. The van der Waals surface area contributed by atoms with Gasteiger partial charge in [-0.1, -0.05) is 25.9 Å². The van der Waals surface area contributed by atoms with Crippen LogP contribution in [0.2, 0.25) is 0 Å². The van der Waals surface area contributed by atoms with Crippen LogP contribution in [0.15, 0.2) is 5.11 Å². The Morgan fingerprint density at radius 3 is 2.62 bits per heavy atom. The Labute approximate surface area is 78.4 Å². The molecular formula is C8H15N5. The van der Waals surface area contributed by atoms with Gasteiger partial charge in [0.2, 0.25) is 0 Å². The molecule has 0 aliphatic heterocycles. The van der Waals surface area contributed by atoms with Crippen molar-refractivity contribution in [3.8, 4) is 6.07 Å². The quantitative estimate of drug-likeness (QED) is 0.310. The Bertz CT molecular complexity index is 228. The molecule has 1 atom stereocenters. The van der Waals surface area contributed by atoms with E-state index in [0.29, 0.717) is 13.1 Å². The molecule has 5 heteroatoms. The second-order valence-electron chi connectivity index (χ2n) is 3.84. The maximum atomic E-state index is 8.80. The summed E-state index contributed by atoms with van der Waals surface area (Å²) < 4.78 is 0. The Morgan fingerprint density at radius 2 is 2.23 bits per heavy atom. The van der Waals surface area contributed by atoms with Gasteiger partial charge in [0.25, 0.3) is 0 Å². The molecule has 13 heavy (non-hydrogen) atoms. The Hall–Kier alpha value is -1.24. The van der Waals surface area contributed by atoms with Gasteiger partial charge < -0.3 is 5.32 Å². The first-order valence-electron chi connectivity index (χ1n) is 4.16. The Balaban J connectivity index is 3.89. The molecule has 72 valence electrons. The van der Waals surface area contributed by atoms with Crippen molar-refractivity contribution in [2.75, 3.05) is 13.1 Å². The van der Waals surface area contributed by atoms with Crippen LogP contribution in [-0.4, -0.2) is 19.1 Å². The van der Waals surface area contributed by atoms with Gasteiger partial charge in [0.15, 0.2) is 0 Å². The zero-order valence-corrected chi connectivity index (χ0v) is 8.28. The van der Waals surface area contributed by atoms with E-state index in [9.17, 15) is 0 Å². The SMILES string of the molecule is CC(C)(C)C(C#N)NCCN=[N+]=[N-]. The minimum atomic E-state index is -0.207. The number of nitrogens with one attached hydrogen (secondary N) is 1. The molecule has 1 unspecified atom stereocenters. The summed E-state index contributed by atoms with van der Waals surface area (Å²) in [5.41, 5.74) is 7.92. The van der Waals surface area contributed by atoms with E-state index in [1.807, 2.05) is 20.8 Å². The van der Waals surface area contributed by atoms with Crippen molar-refractivity contribution in [2.45, 2.75) is 26.8 Å². The molecular weight excluding hydrogens is 166 g/mol. The van der Waals surface area contributed by atoms with Crippen LogP contribution in [0.4, 0.5) is 0 Å². The van der Waals surface area contributed by atoms with Gasteiger partial charge in [-0.2, -0.15) is 5.26 Å². The van der Waals surface area contributed by atoms with Crippen LogP contribution in [0.5, 0.6) is 0 Å². The third-order valence-corrected chi connectivity index (χ3v) is 1.62. The fraction of sp³-hybridized carbons (Fsp3) is 0.875. The molecule has 0 aliphatic carbocycles. The number of hydrogen-bond acceptors (Lipinski definition) is 3. The van der Waals surface area contributed by atoms with E-state index in [-0.39, 0.29) is 11.5 Å². The van der Waals surface area contributed by atoms with Crippen LogP contribution < -0.4 is 5.32 Å². The van der Waals surface area contributed by atoms with Crippen molar-refractivity contribution < 1.29 is 0 Å². The van der Waals surface area contributed by atoms with Crippen molar-refractivity contribution in [3.05, 3.63) is 10.4 Å². The van der Waals surface area contributed by atoms with Gasteiger partial charge in [0.05, 0.1) is 6.07 Å². The van der Waals surface area contributed by atoms with Gasteiger partial charge in [-0.15, -0.1) is 0 Å². The molecule has 0 amide bonds. The lowest BCUT2D eigenvalue weighted by Crippen LogP contribution is -2.40.